The molecule has 0 spiro atoms. The van der Waals surface area contributed by atoms with Crippen molar-refractivity contribution < 1.29 is 9.53 Å². The summed E-state index contributed by atoms with van der Waals surface area (Å²) in [7, 11) is 1.74. The van der Waals surface area contributed by atoms with E-state index in [1.54, 1.807) is 13.2 Å². The zero-order valence-electron chi connectivity index (χ0n) is 10.6. The number of aromatic nitrogens is 2. The Morgan fingerprint density at radius 3 is 3.06 bits per heavy atom. The normalized spacial score (nSPS) is 22.8. The lowest BCUT2D eigenvalue weighted by molar-refractivity contribution is 0.0903. The van der Waals surface area contributed by atoms with Gasteiger partial charge < -0.3 is 15.4 Å². The number of hydrogen-bond acceptors (Lipinski definition) is 5. The second kappa shape index (κ2) is 5.77. The van der Waals surface area contributed by atoms with Gasteiger partial charge in [-0.3, -0.25) is 9.78 Å². The second-order valence-corrected chi connectivity index (χ2v) is 4.37. The molecule has 6 nitrogen and oxygen atoms in total. The Kier molecular flexibility index (Phi) is 4.09. The zero-order valence-corrected chi connectivity index (χ0v) is 10.6. The smallest absolute Gasteiger partial charge is 0.271 e. The van der Waals surface area contributed by atoms with Gasteiger partial charge in [0.25, 0.3) is 5.91 Å². The summed E-state index contributed by atoms with van der Waals surface area (Å²) < 4.78 is 5.45. The van der Waals surface area contributed by atoms with Crippen LogP contribution in [0.3, 0.4) is 0 Å². The SMILES string of the molecule is CNc1cncc(C(=O)NCC2CCOC2C)n1. The molecule has 2 N–H and O–H groups in total. The summed E-state index contributed by atoms with van der Waals surface area (Å²) in [6, 6.07) is 0. The molecule has 1 aromatic rings. The van der Waals surface area contributed by atoms with E-state index in [9.17, 15) is 4.79 Å². The Labute approximate surface area is 106 Å². The molecule has 1 saturated heterocycles. The van der Waals surface area contributed by atoms with Crippen LogP contribution >= 0.6 is 0 Å². The van der Waals surface area contributed by atoms with E-state index in [0.29, 0.717) is 24.0 Å². The number of hydrogen-bond donors (Lipinski definition) is 2. The van der Waals surface area contributed by atoms with Crippen LogP contribution in [0.4, 0.5) is 5.82 Å². The molecule has 1 aromatic heterocycles. The Morgan fingerprint density at radius 1 is 1.56 bits per heavy atom. The number of nitrogens with one attached hydrogen (secondary N) is 2. The molecule has 0 bridgehead atoms. The van der Waals surface area contributed by atoms with Crippen LogP contribution < -0.4 is 10.6 Å². The van der Waals surface area contributed by atoms with Crippen LogP contribution in [0.2, 0.25) is 0 Å². The molecule has 1 fully saturated rings. The van der Waals surface area contributed by atoms with Gasteiger partial charge in [0, 0.05) is 26.1 Å². The van der Waals surface area contributed by atoms with Gasteiger partial charge in [0.2, 0.25) is 0 Å². The molecule has 2 heterocycles. The van der Waals surface area contributed by atoms with Gasteiger partial charge in [-0.2, -0.15) is 0 Å². The first-order chi connectivity index (χ1) is 8.70. The minimum atomic E-state index is -0.196. The maximum absolute atomic E-state index is 11.9. The van der Waals surface area contributed by atoms with E-state index in [1.807, 2.05) is 6.92 Å². The standard InChI is InChI=1S/C12H18N4O2/c1-8-9(3-4-18-8)5-15-12(17)10-6-14-7-11(13-2)16-10/h6-9H,3-5H2,1-2H3,(H,13,16)(H,15,17). The fourth-order valence-corrected chi connectivity index (χ4v) is 1.95. The number of carbonyl (C=O) groups is 1. The molecule has 0 aliphatic carbocycles. The van der Waals surface area contributed by atoms with Crippen molar-refractivity contribution in [3.8, 4) is 0 Å². The van der Waals surface area contributed by atoms with E-state index in [-0.39, 0.29) is 12.0 Å². The van der Waals surface area contributed by atoms with Gasteiger partial charge in [-0.25, -0.2) is 4.98 Å². The number of ether oxygens (including phenoxy) is 1. The molecule has 1 aliphatic rings. The van der Waals surface area contributed by atoms with Gasteiger partial charge >= 0.3 is 0 Å². The number of anilines is 1. The van der Waals surface area contributed by atoms with E-state index in [2.05, 4.69) is 20.6 Å². The lowest BCUT2D eigenvalue weighted by Crippen LogP contribution is -2.32. The lowest BCUT2D eigenvalue weighted by atomic mass is 10.0. The average Bonchev–Trinajstić information content (AvgIpc) is 2.81. The van der Waals surface area contributed by atoms with Crippen molar-refractivity contribution >= 4 is 11.7 Å². The highest BCUT2D eigenvalue weighted by atomic mass is 16.5. The van der Waals surface area contributed by atoms with E-state index in [1.165, 1.54) is 6.20 Å². The molecular formula is C12H18N4O2. The van der Waals surface area contributed by atoms with Gasteiger partial charge in [0.15, 0.2) is 0 Å². The van der Waals surface area contributed by atoms with Crippen LogP contribution in [0.25, 0.3) is 0 Å². The Morgan fingerprint density at radius 2 is 2.39 bits per heavy atom. The summed E-state index contributed by atoms with van der Waals surface area (Å²) in [4.78, 5) is 20.0. The molecule has 2 rings (SSSR count). The summed E-state index contributed by atoms with van der Waals surface area (Å²) in [5, 5.41) is 5.73. The predicted molar refractivity (Wildman–Crippen MR) is 67.4 cm³/mol. The van der Waals surface area contributed by atoms with Crippen LogP contribution in [0, 0.1) is 5.92 Å². The van der Waals surface area contributed by atoms with Crippen LogP contribution in [0.5, 0.6) is 0 Å². The first kappa shape index (κ1) is 12.8. The van der Waals surface area contributed by atoms with Crippen molar-refractivity contribution in [1.29, 1.82) is 0 Å². The predicted octanol–water partition coefficient (Wildman–Crippen LogP) is 0.673. The third-order valence-electron chi connectivity index (χ3n) is 3.18. The van der Waals surface area contributed by atoms with Crippen molar-refractivity contribution in [2.24, 2.45) is 5.92 Å². The van der Waals surface area contributed by atoms with Crippen molar-refractivity contribution in [1.82, 2.24) is 15.3 Å². The molecule has 18 heavy (non-hydrogen) atoms. The lowest BCUT2D eigenvalue weighted by Gasteiger charge is -2.14. The highest BCUT2D eigenvalue weighted by Gasteiger charge is 2.24. The minimum absolute atomic E-state index is 0.196. The summed E-state index contributed by atoms with van der Waals surface area (Å²) in [6.07, 6.45) is 4.23. The van der Waals surface area contributed by atoms with Gasteiger partial charge in [0.1, 0.15) is 11.5 Å². The van der Waals surface area contributed by atoms with Crippen molar-refractivity contribution in [3.63, 3.8) is 0 Å². The first-order valence-corrected chi connectivity index (χ1v) is 6.10. The summed E-state index contributed by atoms with van der Waals surface area (Å²) >= 11 is 0. The fourth-order valence-electron chi connectivity index (χ4n) is 1.95. The topological polar surface area (TPSA) is 76.1 Å². The number of carbonyl (C=O) groups excluding carboxylic acids is 1. The summed E-state index contributed by atoms with van der Waals surface area (Å²) in [5.41, 5.74) is 0.327. The third-order valence-corrected chi connectivity index (χ3v) is 3.18. The molecule has 1 amide bonds. The first-order valence-electron chi connectivity index (χ1n) is 6.10. The van der Waals surface area contributed by atoms with Crippen molar-refractivity contribution in [2.75, 3.05) is 25.5 Å². The van der Waals surface area contributed by atoms with Crippen LogP contribution in [0.15, 0.2) is 12.4 Å². The van der Waals surface area contributed by atoms with Gasteiger partial charge in [-0.1, -0.05) is 0 Å². The maximum Gasteiger partial charge on any atom is 0.271 e. The van der Waals surface area contributed by atoms with E-state index in [4.69, 9.17) is 4.74 Å². The largest absolute Gasteiger partial charge is 0.378 e. The van der Waals surface area contributed by atoms with E-state index >= 15 is 0 Å². The maximum atomic E-state index is 11.9. The Bertz CT molecular complexity index is 424. The van der Waals surface area contributed by atoms with Crippen LogP contribution in [0.1, 0.15) is 23.8 Å². The molecule has 0 radical (unpaired) electrons. The Hall–Kier alpha value is -1.69. The average molecular weight is 250 g/mol. The number of rotatable bonds is 4. The zero-order chi connectivity index (χ0) is 13.0. The molecular weight excluding hydrogens is 232 g/mol. The molecule has 0 saturated carbocycles. The van der Waals surface area contributed by atoms with Crippen LogP contribution in [-0.4, -0.2) is 42.2 Å². The monoisotopic (exact) mass is 250 g/mol. The fraction of sp³-hybridized carbons (Fsp3) is 0.583. The highest BCUT2D eigenvalue weighted by Crippen LogP contribution is 2.19. The quantitative estimate of drug-likeness (QED) is 0.821. The molecule has 6 heteroatoms. The summed E-state index contributed by atoms with van der Waals surface area (Å²) in [5.74, 6) is 0.772. The van der Waals surface area contributed by atoms with Gasteiger partial charge in [-0.05, 0) is 13.3 Å². The van der Waals surface area contributed by atoms with Crippen molar-refractivity contribution in [3.05, 3.63) is 18.1 Å². The highest BCUT2D eigenvalue weighted by molar-refractivity contribution is 5.92. The van der Waals surface area contributed by atoms with Crippen molar-refractivity contribution in [2.45, 2.75) is 19.4 Å². The number of nitrogens with zero attached hydrogens (tertiary/aromatic N) is 2. The Balaban J connectivity index is 1.90. The molecule has 98 valence electrons. The van der Waals surface area contributed by atoms with Gasteiger partial charge in [-0.15, -0.1) is 0 Å². The number of amides is 1. The van der Waals surface area contributed by atoms with Crippen LogP contribution in [-0.2, 0) is 4.74 Å². The molecule has 2 atom stereocenters. The van der Waals surface area contributed by atoms with E-state index in [0.717, 1.165) is 13.0 Å². The minimum Gasteiger partial charge on any atom is -0.378 e. The van der Waals surface area contributed by atoms with Gasteiger partial charge in [0.05, 0.1) is 18.5 Å². The second-order valence-electron chi connectivity index (χ2n) is 4.37. The molecule has 2 unspecified atom stereocenters. The molecule has 1 aliphatic heterocycles. The molecule has 0 aromatic carbocycles. The third kappa shape index (κ3) is 2.95. The summed E-state index contributed by atoms with van der Waals surface area (Å²) in [6.45, 7) is 3.42. The van der Waals surface area contributed by atoms with E-state index < -0.39 is 0 Å².